The van der Waals surface area contributed by atoms with Crippen LogP contribution in [0.15, 0.2) is 48.5 Å². The molecule has 0 amide bonds. The van der Waals surface area contributed by atoms with Gasteiger partial charge in [0.15, 0.2) is 0 Å². The number of rotatable bonds is 4. The smallest absolute Gasteiger partial charge is 0.142 e. The van der Waals surface area contributed by atoms with Crippen molar-refractivity contribution in [2.24, 2.45) is 0 Å². The van der Waals surface area contributed by atoms with Crippen LogP contribution in [0, 0.1) is 3.57 Å². The summed E-state index contributed by atoms with van der Waals surface area (Å²) < 4.78 is 6.55. The molecule has 3 N–H and O–H groups in total. The summed E-state index contributed by atoms with van der Waals surface area (Å²) in [7, 11) is 0. The van der Waals surface area contributed by atoms with Crippen molar-refractivity contribution < 1.29 is 9.84 Å². The van der Waals surface area contributed by atoms with Gasteiger partial charge in [-0.3, -0.25) is 0 Å². The van der Waals surface area contributed by atoms with E-state index >= 15 is 0 Å². The minimum atomic E-state index is -0.655. The zero-order valence-electron chi connectivity index (χ0n) is 9.71. The Morgan fingerprint density at radius 1 is 1.11 bits per heavy atom. The molecule has 1 atom stereocenters. The number of ether oxygens (including phenoxy) is 1. The van der Waals surface area contributed by atoms with E-state index in [2.05, 4.69) is 22.6 Å². The number of para-hydroxylation sites is 2. The first-order valence-electron chi connectivity index (χ1n) is 5.58. The van der Waals surface area contributed by atoms with Gasteiger partial charge in [-0.05, 0) is 46.4 Å². The summed E-state index contributed by atoms with van der Waals surface area (Å²) in [6, 6.07) is 14.9. The second kappa shape index (κ2) is 6.06. The first-order chi connectivity index (χ1) is 8.68. The molecule has 0 aliphatic heterocycles. The Hall–Kier alpha value is -1.27. The fourth-order valence-electron chi connectivity index (χ4n) is 1.62. The molecular weight excluding hydrogens is 341 g/mol. The quantitative estimate of drug-likeness (QED) is 0.655. The largest absolute Gasteiger partial charge is 0.488 e. The maximum atomic E-state index is 10.1. The van der Waals surface area contributed by atoms with Gasteiger partial charge in [0, 0.05) is 3.57 Å². The average molecular weight is 355 g/mol. The van der Waals surface area contributed by atoms with Gasteiger partial charge in [0.2, 0.25) is 0 Å². The van der Waals surface area contributed by atoms with Crippen LogP contribution in [0.5, 0.6) is 5.75 Å². The van der Waals surface area contributed by atoms with Gasteiger partial charge >= 0.3 is 0 Å². The van der Waals surface area contributed by atoms with Gasteiger partial charge in [-0.2, -0.15) is 0 Å². The summed E-state index contributed by atoms with van der Waals surface area (Å²) in [5.74, 6) is 0.600. The van der Waals surface area contributed by atoms with Gasteiger partial charge in [-0.15, -0.1) is 0 Å². The lowest BCUT2D eigenvalue weighted by Gasteiger charge is -2.15. The van der Waals surface area contributed by atoms with E-state index < -0.39 is 6.10 Å². The third kappa shape index (κ3) is 3.14. The normalized spacial score (nSPS) is 12.1. The number of aliphatic hydroxyl groups is 1. The summed E-state index contributed by atoms with van der Waals surface area (Å²) in [6.45, 7) is 0.189. The summed E-state index contributed by atoms with van der Waals surface area (Å²) in [5, 5.41) is 10.1. The summed E-state index contributed by atoms with van der Waals surface area (Å²) in [5.41, 5.74) is 7.21. The van der Waals surface area contributed by atoms with Crippen LogP contribution in [0.25, 0.3) is 0 Å². The van der Waals surface area contributed by atoms with Crippen molar-refractivity contribution in [3.63, 3.8) is 0 Å². The number of nitrogen functional groups attached to an aromatic ring is 1. The highest BCUT2D eigenvalue weighted by Gasteiger charge is 2.12. The monoisotopic (exact) mass is 355 g/mol. The second-order valence-electron chi connectivity index (χ2n) is 3.89. The van der Waals surface area contributed by atoms with Crippen LogP contribution >= 0.6 is 22.6 Å². The van der Waals surface area contributed by atoms with Gasteiger partial charge in [0.25, 0.3) is 0 Å². The van der Waals surface area contributed by atoms with Gasteiger partial charge in [-0.1, -0.05) is 30.3 Å². The van der Waals surface area contributed by atoms with Crippen LogP contribution in [0.3, 0.4) is 0 Å². The van der Waals surface area contributed by atoms with E-state index in [1.54, 1.807) is 12.1 Å². The van der Waals surface area contributed by atoms with Crippen molar-refractivity contribution in [3.05, 3.63) is 57.7 Å². The van der Waals surface area contributed by atoms with Crippen LogP contribution in [-0.4, -0.2) is 11.7 Å². The summed E-state index contributed by atoms with van der Waals surface area (Å²) in [6.07, 6.45) is -0.655. The Balaban J connectivity index is 2.03. The predicted octanol–water partition coefficient (Wildman–Crippen LogP) is 2.99. The average Bonchev–Trinajstić information content (AvgIpc) is 2.38. The molecule has 0 aromatic heterocycles. The summed E-state index contributed by atoms with van der Waals surface area (Å²) in [4.78, 5) is 0. The fraction of sp³-hybridized carbons (Fsp3) is 0.143. The molecule has 0 heterocycles. The Kier molecular flexibility index (Phi) is 4.43. The molecule has 0 aliphatic carbocycles. The van der Waals surface area contributed by atoms with Crippen molar-refractivity contribution in [3.8, 4) is 5.75 Å². The topological polar surface area (TPSA) is 55.5 Å². The van der Waals surface area contributed by atoms with Crippen molar-refractivity contribution in [1.82, 2.24) is 0 Å². The van der Waals surface area contributed by atoms with Crippen molar-refractivity contribution >= 4 is 28.3 Å². The minimum Gasteiger partial charge on any atom is -0.488 e. The standard InChI is InChI=1S/C14H14INO2/c15-11-6-2-1-5-10(11)13(17)9-18-14-8-4-3-7-12(14)16/h1-8,13,17H,9,16H2. The molecule has 1 unspecified atom stereocenters. The number of hydrogen-bond donors (Lipinski definition) is 2. The molecule has 0 radical (unpaired) electrons. The molecule has 2 rings (SSSR count). The molecule has 0 saturated carbocycles. The fourth-order valence-corrected chi connectivity index (χ4v) is 2.36. The van der Waals surface area contributed by atoms with E-state index in [4.69, 9.17) is 10.5 Å². The Labute approximate surface area is 120 Å². The van der Waals surface area contributed by atoms with Gasteiger partial charge in [-0.25, -0.2) is 0 Å². The number of hydrogen-bond acceptors (Lipinski definition) is 3. The van der Waals surface area contributed by atoms with Gasteiger partial charge in [0.05, 0.1) is 5.69 Å². The van der Waals surface area contributed by atoms with E-state index in [-0.39, 0.29) is 6.61 Å². The Morgan fingerprint density at radius 3 is 2.50 bits per heavy atom. The third-order valence-electron chi connectivity index (χ3n) is 2.58. The minimum absolute atomic E-state index is 0.189. The van der Waals surface area contributed by atoms with E-state index in [9.17, 15) is 5.11 Å². The maximum Gasteiger partial charge on any atom is 0.142 e. The Morgan fingerprint density at radius 2 is 1.78 bits per heavy atom. The lowest BCUT2D eigenvalue weighted by atomic mass is 10.1. The molecule has 0 bridgehead atoms. The number of nitrogens with two attached hydrogens (primary N) is 1. The highest BCUT2D eigenvalue weighted by atomic mass is 127. The van der Waals surface area contributed by atoms with Crippen LogP contribution in [0.4, 0.5) is 5.69 Å². The van der Waals surface area contributed by atoms with Crippen LogP contribution in [-0.2, 0) is 0 Å². The van der Waals surface area contributed by atoms with Gasteiger partial charge in [0.1, 0.15) is 18.5 Å². The molecule has 2 aromatic carbocycles. The molecular formula is C14H14INO2. The molecule has 94 valence electrons. The third-order valence-corrected chi connectivity index (χ3v) is 3.56. The summed E-state index contributed by atoms with van der Waals surface area (Å²) >= 11 is 2.20. The lowest BCUT2D eigenvalue weighted by Crippen LogP contribution is -2.11. The molecule has 3 nitrogen and oxygen atoms in total. The second-order valence-corrected chi connectivity index (χ2v) is 5.05. The van der Waals surface area contributed by atoms with E-state index in [0.29, 0.717) is 11.4 Å². The van der Waals surface area contributed by atoms with E-state index in [0.717, 1.165) is 9.13 Å². The molecule has 0 fully saturated rings. The molecule has 0 spiro atoms. The molecule has 4 heteroatoms. The zero-order valence-corrected chi connectivity index (χ0v) is 11.9. The van der Waals surface area contributed by atoms with E-state index in [1.165, 1.54) is 0 Å². The lowest BCUT2D eigenvalue weighted by molar-refractivity contribution is 0.108. The van der Waals surface area contributed by atoms with Crippen molar-refractivity contribution in [2.45, 2.75) is 6.10 Å². The van der Waals surface area contributed by atoms with Gasteiger partial charge < -0.3 is 15.6 Å². The van der Waals surface area contributed by atoms with Crippen molar-refractivity contribution in [1.29, 1.82) is 0 Å². The first kappa shape index (κ1) is 13.2. The number of aliphatic hydroxyl groups excluding tert-OH is 1. The zero-order chi connectivity index (χ0) is 13.0. The van der Waals surface area contributed by atoms with E-state index in [1.807, 2.05) is 36.4 Å². The Bertz CT molecular complexity index is 531. The van der Waals surface area contributed by atoms with Crippen LogP contribution in [0.2, 0.25) is 0 Å². The highest BCUT2D eigenvalue weighted by molar-refractivity contribution is 14.1. The first-order valence-corrected chi connectivity index (χ1v) is 6.66. The molecule has 18 heavy (non-hydrogen) atoms. The molecule has 0 saturated heterocycles. The number of anilines is 1. The van der Waals surface area contributed by atoms with Crippen LogP contribution in [0.1, 0.15) is 11.7 Å². The molecule has 0 aliphatic rings. The number of benzene rings is 2. The SMILES string of the molecule is Nc1ccccc1OCC(O)c1ccccc1I. The predicted molar refractivity (Wildman–Crippen MR) is 80.5 cm³/mol. The number of halogens is 1. The highest BCUT2D eigenvalue weighted by Crippen LogP contribution is 2.24. The maximum absolute atomic E-state index is 10.1. The molecule has 2 aromatic rings. The van der Waals surface area contributed by atoms with Crippen LogP contribution < -0.4 is 10.5 Å². The van der Waals surface area contributed by atoms with Crippen molar-refractivity contribution in [2.75, 3.05) is 12.3 Å².